The van der Waals surface area contributed by atoms with Crippen LogP contribution in [0.5, 0.6) is 0 Å². The van der Waals surface area contributed by atoms with Crippen molar-refractivity contribution < 1.29 is 13.2 Å². The number of rotatable bonds is 3. The number of carbonyl (C=O) groups is 1. The fourth-order valence-corrected chi connectivity index (χ4v) is 4.00. The summed E-state index contributed by atoms with van der Waals surface area (Å²) in [6, 6.07) is 7.39. The first-order chi connectivity index (χ1) is 10.4. The Balaban J connectivity index is 1.85. The summed E-state index contributed by atoms with van der Waals surface area (Å²) < 4.78 is 24.8. The van der Waals surface area contributed by atoms with Gasteiger partial charge in [-0.2, -0.15) is 15.6 Å². The van der Waals surface area contributed by atoms with Crippen LogP contribution in [0.15, 0.2) is 35.0 Å². The molecule has 1 aliphatic rings. The molecule has 116 valence electrons. The summed E-state index contributed by atoms with van der Waals surface area (Å²) in [5.74, 6) is -0.139. The van der Waals surface area contributed by atoms with Crippen molar-refractivity contribution in [3.05, 3.63) is 51.7 Å². The predicted molar refractivity (Wildman–Crippen MR) is 87.7 cm³/mol. The van der Waals surface area contributed by atoms with E-state index in [0.717, 1.165) is 16.8 Å². The van der Waals surface area contributed by atoms with Crippen LogP contribution in [0, 0.1) is 0 Å². The second-order valence-corrected chi connectivity index (χ2v) is 8.02. The van der Waals surface area contributed by atoms with Crippen LogP contribution in [0.4, 0.5) is 5.69 Å². The van der Waals surface area contributed by atoms with E-state index in [1.54, 1.807) is 11.4 Å². The number of nitrogens with zero attached hydrogens (tertiary/aromatic N) is 1. The van der Waals surface area contributed by atoms with Crippen LogP contribution in [-0.2, 0) is 23.0 Å². The van der Waals surface area contributed by atoms with Gasteiger partial charge in [-0.3, -0.25) is 4.79 Å². The Kier molecular flexibility index (Phi) is 4.03. The molecule has 0 spiro atoms. The SMILES string of the molecule is CS(=O)(=O)N1CCc2c(cccc2NC(=O)c2ccsc2)C1. The number of anilines is 1. The van der Waals surface area contributed by atoms with Crippen LogP contribution < -0.4 is 5.32 Å². The lowest BCUT2D eigenvalue weighted by molar-refractivity contribution is 0.102. The van der Waals surface area contributed by atoms with Gasteiger partial charge in [0.25, 0.3) is 5.91 Å². The topological polar surface area (TPSA) is 66.5 Å². The summed E-state index contributed by atoms with van der Waals surface area (Å²) in [7, 11) is -3.19. The van der Waals surface area contributed by atoms with Gasteiger partial charge in [0.1, 0.15) is 0 Å². The first-order valence-electron chi connectivity index (χ1n) is 6.84. The van der Waals surface area contributed by atoms with E-state index in [4.69, 9.17) is 0 Å². The lowest BCUT2D eigenvalue weighted by Gasteiger charge is -2.28. The Bertz CT molecular complexity index is 798. The van der Waals surface area contributed by atoms with E-state index in [1.807, 2.05) is 23.6 Å². The molecule has 2 aromatic rings. The van der Waals surface area contributed by atoms with Gasteiger partial charge in [0.05, 0.1) is 11.8 Å². The first kappa shape index (κ1) is 15.2. The van der Waals surface area contributed by atoms with Gasteiger partial charge in [-0.1, -0.05) is 12.1 Å². The Labute approximate surface area is 133 Å². The zero-order chi connectivity index (χ0) is 15.7. The van der Waals surface area contributed by atoms with E-state index in [-0.39, 0.29) is 5.91 Å². The number of hydrogen-bond acceptors (Lipinski definition) is 4. The maximum absolute atomic E-state index is 12.2. The Morgan fingerprint density at radius 2 is 2.14 bits per heavy atom. The minimum absolute atomic E-state index is 0.139. The van der Waals surface area contributed by atoms with Gasteiger partial charge >= 0.3 is 0 Å². The van der Waals surface area contributed by atoms with Gasteiger partial charge < -0.3 is 5.32 Å². The third kappa shape index (κ3) is 3.06. The average Bonchev–Trinajstić information content (AvgIpc) is 3.00. The Morgan fingerprint density at radius 3 is 2.82 bits per heavy atom. The summed E-state index contributed by atoms with van der Waals surface area (Å²) in [5.41, 5.74) is 3.36. The number of benzene rings is 1. The number of fused-ring (bicyclic) bond motifs is 1. The fourth-order valence-electron chi connectivity index (χ4n) is 2.57. The molecule has 1 aromatic heterocycles. The van der Waals surface area contributed by atoms with Crippen molar-refractivity contribution in [2.24, 2.45) is 0 Å². The molecule has 0 atom stereocenters. The zero-order valence-electron chi connectivity index (χ0n) is 12.1. The predicted octanol–water partition coefficient (Wildman–Crippen LogP) is 2.32. The third-order valence-corrected chi connectivity index (χ3v) is 5.66. The fraction of sp³-hybridized carbons (Fsp3) is 0.267. The monoisotopic (exact) mass is 336 g/mol. The van der Waals surface area contributed by atoms with Crippen molar-refractivity contribution in [2.75, 3.05) is 18.1 Å². The van der Waals surface area contributed by atoms with Gasteiger partial charge in [0.15, 0.2) is 0 Å². The number of carbonyl (C=O) groups excluding carboxylic acids is 1. The van der Waals surface area contributed by atoms with Crippen molar-refractivity contribution in [3.8, 4) is 0 Å². The maximum atomic E-state index is 12.2. The van der Waals surface area contributed by atoms with Gasteiger partial charge in [-0.25, -0.2) is 8.42 Å². The van der Waals surface area contributed by atoms with Crippen LogP contribution in [0.25, 0.3) is 0 Å². The molecule has 1 aromatic carbocycles. The third-order valence-electron chi connectivity index (χ3n) is 3.73. The van der Waals surface area contributed by atoms with Crippen molar-refractivity contribution >= 4 is 33.0 Å². The molecule has 0 unspecified atom stereocenters. The zero-order valence-corrected chi connectivity index (χ0v) is 13.7. The molecule has 2 heterocycles. The molecule has 5 nitrogen and oxygen atoms in total. The summed E-state index contributed by atoms with van der Waals surface area (Å²) >= 11 is 1.48. The minimum Gasteiger partial charge on any atom is -0.322 e. The van der Waals surface area contributed by atoms with Crippen LogP contribution >= 0.6 is 11.3 Å². The molecule has 1 amide bonds. The molecule has 0 saturated heterocycles. The lowest BCUT2D eigenvalue weighted by Crippen LogP contribution is -2.35. The van der Waals surface area contributed by atoms with Gasteiger partial charge in [-0.15, -0.1) is 0 Å². The van der Waals surface area contributed by atoms with Gasteiger partial charge in [-0.05, 0) is 35.1 Å². The quantitative estimate of drug-likeness (QED) is 0.935. The highest BCUT2D eigenvalue weighted by Gasteiger charge is 2.25. The molecule has 1 aliphatic heterocycles. The molecule has 0 aliphatic carbocycles. The largest absolute Gasteiger partial charge is 0.322 e. The number of amides is 1. The normalized spacial score (nSPS) is 15.3. The average molecular weight is 336 g/mol. The standard InChI is InChI=1S/C15H16N2O3S2/c1-22(19,20)17-7-5-13-11(9-17)3-2-4-14(13)16-15(18)12-6-8-21-10-12/h2-4,6,8,10H,5,7,9H2,1H3,(H,16,18). The summed E-state index contributed by atoms with van der Waals surface area (Å²) in [6.07, 6.45) is 1.82. The molecule has 0 radical (unpaired) electrons. The Morgan fingerprint density at radius 1 is 1.32 bits per heavy atom. The summed E-state index contributed by atoms with van der Waals surface area (Å²) in [6.45, 7) is 0.799. The van der Waals surface area contributed by atoms with Crippen LogP contribution in [0.3, 0.4) is 0 Å². The molecule has 7 heteroatoms. The van der Waals surface area contributed by atoms with E-state index in [2.05, 4.69) is 5.32 Å². The smallest absolute Gasteiger partial charge is 0.256 e. The van der Waals surface area contributed by atoms with Crippen molar-refractivity contribution in [1.82, 2.24) is 4.31 Å². The number of sulfonamides is 1. The van der Waals surface area contributed by atoms with E-state index < -0.39 is 10.0 Å². The molecule has 3 rings (SSSR count). The van der Waals surface area contributed by atoms with E-state index in [9.17, 15) is 13.2 Å². The molecule has 0 saturated carbocycles. The molecule has 22 heavy (non-hydrogen) atoms. The summed E-state index contributed by atoms with van der Waals surface area (Å²) in [5, 5.41) is 6.59. The van der Waals surface area contributed by atoms with E-state index in [0.29, 0.717) is 25.1 Å². The molecule has 1 N–H and O–H groups in total. The first-order valence-corrected chi connectivity index (χ1v) is 9.64. The van der Waals surface area contributed by atoms with Crippen LogP contribution in [0.1, 0.15) is 21.5 Å². The second-order valence-electron chi connectivity index (χ2n) is 5.26. The van der Waals surface area contributed by atoms with Crippen LogP contribution in [-0.4, -0.2) is 31.4 Å². The maximum Gasteiger partial charge on any atom is 0.256 e. The highest BCUT2D eigenvalue weighted by Crippen LogP contribution is 2.27. The number of nitrogens with one attached hydrogen (secondary N) is 1. The summed E-state index contributed by atoms with van der Waals surface area (Å²) in [4.78, 5) is 12.2. The molecule has 0 fully saturated rings. The highest BCUT2D eigenvalue weighted by atomic mass is 32.2. The second kappa shape index (κ2) is 5.83. The number of hydrogen-bond donors (Lipinski definition) is 1. The minimum atomic E-state index is -3.19. The van der Waals surface area contributed by atoms with E-state index in [1.165, 1.54) is 21.9 Å². The van der Waals surface area contributed by atoms with E-state index >= 15 is 0 Å². The van der Waals surface area contributed by atoms with Gasteiger partial charge in [0.2, 0.25) is 10.0 Å². The molecular formula is C15H16N2O3S2. The van der Waals surface area contributed by atoms with Crippen molar-refractivity contribution in [2.45, 2.75) is 13.0 Å². The van der Waals surface area contributed by atoms with Crippen LogP contribution in [0.2, 0.25) is 0 Å². The Hall–Kier alpha value is -1.70. The molecular weight excluding hydrogens is 320 g/mol. The highest BCUT2D eigenvalue weighted by molar-refractivity contribution is 7.88. The molecule has 0 bridgehead atoms. The van der Waals surface area contributed by atoms with Gasteiger partial charge in [0, 0.05) is 24.2 Å². The lowest BCUT2D eigenvalue weighted by atomic mass is 9.99. The van der Waals surface area contributed by atoms with Crippen molar-refractivity contribution in [1.29, 1.82) is 0 Å². The number of thiophene rings is 1. The van der Waals surface area contributed by atoms with Crippen molar-refractivity contribution in [3.63, 3.8) is 0 Å².